The first-order chi connectivity index (χ1) is 5.13. The quantitative estimate of drug-likeness (QED) is 0.681. The number of carbonyl (C=O) groups excluding carboxylic acids is 1. The molecule has 0 bridgehead atoms. The van der Waals surface area contributed by atoms with Gasteiger partial charge in [0.1, 0.15) is 0 Å². The van der Waals surface area contributed by atoms with E-state index in [1.165, 1.54) is 10.8 Å². The minimum Gasteiger partial charge on any atom is -0.478 e. The first kappa shape index (κ1) is 7.74. The molecule has 0 radical (unpaired) electrons. The van der Waals surface area contributed by atoms with Gasteiger partial charge in [-0.1, -0.05) is 0 Å². The smallest absolute Gasteiger partial charge is 0.337 e. The molecule has 0 spiro atoms. The Morgan fingerprint density at radius 1 is 1.36 bits per heavy atom. The van der Waals surface area contributed by atoms with Crippen molar-refractivity contribution in [3.63, 3.8) is 0 Å². The highest BCUT2D eigenvalue weighted by Crippen LogP contribution is 2.13. The first-order valence-electron chi connectivity index (χ1n) is 2.72. The third kappa shape index (κ3) is 1.38. The molecular formula is C6H5NO3S. The fourth-order valence-corrected chi connectivity index (χ4v) is 1.46. The van der Waals surface area contributed by atoms with Crippen LogP contribution in [0.1, 0.15) is 20.7 Å². The van der Waals surface area contributed by atoms with Crippen molar-refractivity contribution in [1.82, 2.24) is 0 Å². The van der Waals surface area contributed by atoms with E-state index < -0.39 is 11.9 Å². The lowest BCUT2D eigenvalue weighted by atomic mass is 10.2. The van der Waals surface area contributed by atoms with E-state index in [1.54, 1.807) is 0 Å². The lowest BCUT2D eigenvalue weighted by molar-refractivity contribution is 0.0693. The third-order valence-electron chi connectivity index (χ3n) is 1.16. The highest BCUT2D eigenvalue weighted by Gasteiger charge is 2.14. The standard InChI is InChI=1S/C6H5NO3S/c7-5(8)3-1-11-2-4(3)6(9)10/h1-2H,(H2,7,8)(H,9,10). The molecule has 4 nitrogen and oxygen atoms in total. The summed E-state index contributed by atoms with van der Waals surface area (Å²) in [7, 11) is 0. The summed E-state index contributed by atoms with van der Waals surface area (Å²) in [5.41, 5.74) is 4.95. The molecule has 3 N–H and O–H groups in total. The van der Waals surface area contributed by atoms with Crippen molar-refractivity contribution >= 4 is 23.2 Å². The molecule has 0 unspecified atom stereocenters. The van der Waals surface area contributed by atoms with Crippen molar-refractivity contribution in [2.45, 2.75) is 0 Å². The summed E-state index contributed by atoms with van der Waals surface area (Å²) in [5, 5.41) is 11.3. The van der Waals surface area contributed by atoms with Gasteiger partial charge in [-0.25, -0.2) is 4.79 Å². The average molecular weight is 171 g/mol. The molecule has 0 saturated heterocycles. The van der Waals surface area contributed by atoms with E-state index in [0.717, 1.165) is 11.3 Å². The maximum Gasteiger partial charge on any atom is 0.337 e. The lowest BCUT2D eigenvalue weighted by Gasteiger charge is -1.91. The Morgan fingerprint density at radius 2 is 1.91 bits per heavy atom. The number of hydrogen-bond donors (Lipinski definition) is 2. The predicted octanol–water partition coefficient (Wildman–Crippen LogP) is 0.545. The molecule has 11 heavy (non-hydrogen) atoms. The molecule has 1 rings (SSSR count). The lowest BCUT2D eigenvalue weighted by Crippen LogP contribution is -2.13. The summed E-state index contributed by atoms with van der Waals surface area (Å²) in [5.74, 6) is -1.83. The van der Waals surface area contributed by atoms with Gasteiger partial charge in [0.05, 0.1) is 11.1 Å². The Kier molecular flexibility index (Phi) is 1.91. The fourth-order valence-electron chi connectivity index (χ4n) is 0.653. The fraction of sp³-hybridized carbons (Fsp3) is 0. The van der Waals surface area contributed by atoms with Crippen molar-refractivity contribution < 1.29 is 14.7 Å². The summed E-state index contributed by atoms with van der Waals surface area (Å²) >= 11 is 1.14. The van der Waals surface area contributed by atoms with Crippen LogP contribution in [0.3, 0.4) is 0 Å². The van der Waals surface area contributed by atoms with Gasteiger partial charge in [-0.3, -0.25) is 4.79 Å². The zero-order valence-corrected chi connectivity index (χ0v) is 6.22. The largest absolute Gasteiger partial charge is 0.478 e. The number of amides is 1. The molecule has 5 heteroatoms. The zero-order chi connectivity index (χ0) is 8.43. The second kappa shape index (κ2) is 2.71. The maximum atomic E-state index is 10.6. The van der Waals surface area contributed by atoms with Gasteiger partial charge in [0.25, 0.3) is 0 Å². The van der Waals surface area contributed by atoms with Gasteiger partial charge >= 0.3 is 5.97 Å². The number of aromatic carboxylic acids is 1. The number of hydrogen-bond acceptors (Lipinski definition) is 3. The van der Waals surface area contributed by atoms with Gasteiger partial charge in [0, 0.05) is 10.8 Å². The molecule has 1 aromatic heterocycles. The minimum absolute atomic E-state index is 0.0255. The Labute approximate surface area is 66.3 Å². The van der Waals surface area contributed by atoms with Crippen LogP contribution in [0.15, 0.2) is 10.8 Å². The van der Waals surface area contributed by atoms with E-state index >= 15 is 0 Å². The van der Waals surface area contributed by atoms with Crippen LogP contribution >= 0.6 is 11.3 Å². The van der Waals surface area contributed by atoms with Gasteiger partial charge < -0.3 is 10.8 Å². The molecule has 0 aliphatic carbocycles. The molecule has 1 aromatic rings. The minimum atomic E-state index is -1.12. The number of primary amides is 1. The van der Waals surface area contributed by atoms with Crippen molar-refractivity contribution in [3.05, 3.63) is 21.9 Å². The van der Waals surface area contributed by atoms with Crippen molar-refractivity contribution in [2.24, 2.45) is 5.73 Å². The number of rotatable bonds is 2. The van der Waals surface area contributed by atoms with Gasteiger partial charge in [-0.15, -0.1) is 0 Å². The van der Waals surface area contributed by atoms with Crippen LogP contribution in [0.25, 0.3) is 0 Å². The number of carboxylic acid groups (broad SMARTS) is 1. The molecule has 0 aliphatic rings. The van der Waals surface area contributed by atoms with Crippen molar-refractivity contribution in [1.29, 1.82) is 0 Å². The Bertz CT molecular complexity index is 276. The van der Waals surface area contributed by atoms with Gasteiger partial charge in [0.2, 0.25) is 5.91 Å². The molecule has 58 valence electrons. The molecule has 1 heterocycles. The second-order valence-electron chi connectivity index (χ2n) is 1.87. The first-order valence-corrected chi connectivity index (χ1v) is 3.66. The van der Waals surface area contributed by atoms with Gasteiger partial charge in [-0.2, -0.15) is 11.3 Å². The van der Waals surface area contributed by atoms with E-state index in [-0.39, 0.29) is 11.1 Å². The highest BCUT2D eigenvalue weighted by atomic mass is 32.1. The van der Waals surface area contributed by atoms with Crippen LogP contribution in [-0.2, 0) is 0 Å². The SMILES string of the molecule is NC(=O)c1cscc1C(=O)O. The van der Waals surface area contributed by atoms with Crippen molar-refractivity contribution in [3.8, 4) is 0 Å². The predicted molar refractivity (Wildman–Crippen MR) is 39.8 cm³/mol. The molecule has 0 aromatic carbocycles. The van der Waals surface area contributed by atoms with Gasteiger partial charge in [0.15, 0.2) is 0 Å². The Morgan fingerprint density at radius 3 is 2.27 bits per heavy atom. The van der Waals surface area contributed by atoms with Gasteiger partial charge in [-0.05, 0) is 0 Å². The molecule has 0 fully saturated rings. The van der Waals surface area contributed by atoms with Crippen LogP contribution < -0.4 is 5.73 Å². The van der Waals surface area contributed by atoms with Crippen LogP contribution in [0, 0.1) is 0 Å². The van der Waals surface area contributed by atoms with Crippen LogP contribution in [0.4, 0.5) is 0 Å². The zero-order valence-electron chi connectivity index (χ0n) is 5.40. The summed E-state index contributed by atoms with van der Waals surface area (Å²) < 4.78 is 0. The molecule has 0 atom stereocenters. The van der Waals surface area contributed by atoms with Crippen LogP contribution in [-0.4, -0.2) is 17.0 Å². The van der Waals surface area contributed by atoms with E-state index in [0.29, 0.717) is 0 Å². The number of thiophene rings is 1. The molecular weight excluding hydrogens is 166 g/mol. The molecule has 1 amide bonds. The average Bonchev–Trinajstić information content (AvgIpc) is 2.32. The molecule has 0 aliphatic heterocycles. The number of carbonyl (C=O) groups is 2. The van der Waals surface area contributed by atoms with Crippen LogP contribution in [0.5, 0.6) is 0 Å². The Balaban J connectivity index is 3.16. The number of carboxylic acids is 1. The van der Waals surface area contributed by atoms with E-state index in [1.807, 2.05) is 0 Å². The second-order valence-corrected chi connectivity index (χ2v) is 2.61. The van der Waals surface area contributed by atoms with Crippen LogP contribution in [0.2, 0.25) is 0 Å². The Hall–Kier alpha value is -1.36. The maximum absolute atomic E-state index is 10.6. The van der Waals surface area contributed by atoms with E-state index in [4.69, 9.17) is 10.8 Å². The summed E-state index contributed by atoms with van der Waals surface area (Å²) in [6.07, 6.45) is 0. The number of nitrogens with two attached hydrogens (primary N) is 1. The van der Waals surface area contributed by atoms with E-state index in [9.17, 15) is 9.59 Å². The normalized spacial score (nSPS) is 9.45. The topological polar surface area (TPSA) is 80.4 Å². The third-order valence-corrected chi connectivity index (χ3v) is 1.90. The molecule has 0 saturated carbocycles. The monoisotopic (exact) mass is 171 g/mol. The summed E-state index contributed by atoms with van der Waals surface area (Å²) in [6.45, 7) is 0. The highest BCUT2D eigenvalue weighted by molar-refractivity contribution is 7.08. The van der Waals surface area contributed by atoms with E-state index in [2.05, 4.69) is 0 Å². The summed E-state index contributed by atoms with van der Waals surface area (Å²) in [6, 6.07) is 0. The van der Waals surface area contributed by atoms with Crippen molar-refractivity contribution in [2.75, 3.05) is 0 Å². The summed E-state index contributed by atoms with van der Waals surface area (Å²) in [4.78, 5) is 20.9.